The van der Waals surface area contributed by atoms with E-state index >= 15 is 0 Å². The van der Waals surface area contributed by atoms with Crippen LogP contribution in [-0.4, -0.2) is 18.1 Å². The zero-order valence-electron chi connectivity index (χ0n) is 10.1. The standard InChI is InChI=1S/C13H17N3/c1-10-8-16(9-13(10,2)3)12-5-4-11(6-14)7-15-12/h4-5,7,10H,8-9H2,1-3H3. The maximum absolute atomic E-state index is 8.72. The predicted octanol–water partition coefficient (Wildman–Crippen LogP) is 2.44. The molecular weight excluding hydrogens is 198 g/mol. The average molecular weight is 215 g/mol. The quantitative estimate of drug-likeness (QED) is 0.722. The van der Waals surface area contributed by atoms with Gasteiger partial charge in [0, 0.05) is 19.3 Å². The Balaban J connectivity index is 2.18. The van der Waals surface area contributed by atoms with Crippen LogP contribution in [0, 0.1) is 22.7 Å². The zero-order valence-corrected chi connectivity index (χ0v) is 10.1. The highest BCUT2D eigenvalue weighted by Gasteiger charge is 2.36. The van der Waals surface area contributed by atoms with Crippen molar-refractivity contribution in [2.24, 2.45) is 11.3 Å². The molecule has 0 bridgehead atoms. The summed E-state index contributed by atoms with van der Waals surface area (Å²) < 4.78 is 0. The third-order valence-corrected chi connectivity index (χ3v) is 3.63. The topological polar surface area (TPSA) is 39.9 Å². The molecule has 1 saturated heterocycles. The molecule has 0 aliphatic carbocycles. The molecule has 1 aliphatic rings. The first kappa shape index (κ1) is 10.9. The van der Waals surface area contributed by atoms with Crippen molar-refractivity contribution in [3.63, 3.8) is 0 Å². The molecule has 1 aliphatic heterocycles. The minimum absolute atomic E-state index is 0.343. The smallest absolute Gasteiger partial charge is 0.128 e. The Morgan fingerprint density at radius 1 is 1.50 bits per heavy atom. The fourth-order valence-electron chi connectivity index (χ4n) is 2.10. The van der Waals surface area contributed by atoms with Crippen LogP contribution in [0.2, 0.25) is 0 Å². The van der Waals surface area contributed by atoms with E-state index in [0.717, 1.165) is 18.9 Å². The van der Waals surface area contributed by atoms with E-state index in [2.05, 4.69) is 36.7 Å². The van der Waals surface area contributed by atoms with Crippen LogP contribution in [0.4, 0.5) is 5.82 Å². The van der Waals surface area contributed by atoms with Crippen molar-refractivity contribution in [3.05, 3.63) is 23.9 Å². The summed E-state index contributed by atoms with van der Waals surface area (Å²) in [5.41, 5.74) is 0.963. The lowest BCUT2D eigenvalue weighted by atomic mass is 9.84. The van der Waals surface area contributed by atoms with Crippen molar-refractivity contribution >= 4 is 5.82 Å². The number of hydrogen-bond acceptors (Lipinski definition) is 3. The van der Waals surface area contributed by atoms with Gasteiger partial charge in [-0.25, -0.2) is 4.98 Å². The van der Waals surface area contributed by atoms with Crippen LogP contribution in [0.15, 0.2) is 18.3 Å². The Kier molecular flexibility index (Phi) is 2.59. The van der Waals surface area contributed by atoms with Gasteiger partial charge in [0.25, 0.3) is 0 Å². The van der Waals surface area contributed by atoms with Gasteiger partial charge in [-0.3, -0.25) is 0 Å². The Hall–Kier alpha value is -1.56. The van der Waals surface area contributed by atoms with Crippen LogP contribution in [0.5, 0.6) is 0 Å². The second-order valence-corrected chi connectivity index (χ2v) is 5.29. The fraction of sp³-hybridized carbons (Fsp3) is 0.538. The molecule has 0 aromatic carbocycles. The van der Waals surface area contributed by atoms with E-state index in [1.807, 2.05) is 12.1 Å². The van der Waals surface area contributed by atoms with Gasteiger partial charge in [0.2, 0.25) is 0 Å². The van der Waals surface area contributed by atoms with Gasteiger partial charge in [-0.15, -0.1) is 0 Å². The highest BCUT2D eigenvalue weighted by Crippen LogP contribution is 2.36. The molecule has 1 unspecified atom stereocenters. The minimum Gasteiger partial charge on any atom is -0.356 e. The first-order valence-corrected chi connectivity index (χ1v) is 5.64. The molecule has 2 rings (SSSR count). The van der Waals surface area contributed by atoms with Gasteiger partial charge in [-0.1, -0.05) is 20.8 Å². The van der Waals surface area contributed by atoms with Gasteiger partial charge in [0.05, 0.1) is 5.56 Å². The number of nitriles is 1. The van der Waals surface area contributed by atoms with E-state index in [0.29, 0.717) is 16.9 Å². The Bertz CT molecular complexity index is 414. The third-order valence-electron chi connectivity index (χ3n) is 3.63. The van der Waals surface area contributed by atoms with Gasteiger partial charge in [0.1, 0.15) is 11.9 Å². The molecule has 0 radical (unpaired) electrons. The maximum Gasteiger partial charge on any atom is 0.128 e. The molecule has 1 aromatic rings. The van der Waals surface area contributed by atoms with Gasteiger partial charge in [0.15, 0.2) is 0 Å². The molecule has 1 fully saturated rings. The predicted molar refractivity (Wildman–Crippen MR) is 64.1 cm³/mol. The van der Waals surface area contributed by atoms with Crippen LogP contribution >= 0.6 is 0 Å². The van der Waals surface area contributed by atoms with Crippen LogP contribution in [-0.2, 0) is 0 Å². The molecule has 84 valence electrons. The van der Waals surface area contributed by atoms with E-state index in [1.165, 1.54) is 0 Å². The number of nitrogens with zero attached hydrogens (tertiary/aromatic N) is 3. The summed E-state index contributed by atoms with van der Waals surface area (Å²) in [7, 11) is 0. The lowest BCUT2D eigenvalue weighted by Gasteiger charge is -2.22. The van der Waals surface area contributed by atoms with E-state index in [1.54, 1.807) is 6.20 Å². The van der Waals surface area contributed by atoms with Crippen molar-refractivity contribution in [2.75, 3.05) is 18.0 Å². The molecule has 0 amide bonds. The average Bonchev–Trinajstić information content (AvgIpc) is 2.54. The van der Waals surface area contributed by atoms with E-state index < -0.39 is 0 Å². The number of rotatable bonds is 1. The van der Waals surface area contributed by atoms with Gasteiger partial charge >= 0.3 is 0 Å². The fourth-order valence-corrected chi connectivity index (χ4v) is 2.10. The summed E-state index contributed by atoms with van der Waals surface area (Å²) in [4.78, 5) is 6.63. The molecule has 1 atom stereocenters. The second kappa shape index (κ2) is 3.79. The van der Waals surface area contributed by atoms with Gasteiger partial charge < -0.3 is 4.90 Å². The number of aromatic nitrogens is 1. The number of pyridine rings is 1. The molecule has 3 nitrogen and oxygen atoms in total. The summed E-state index contributed by atoms with van der Waals surface area (Å²) >= 11 is 0. The van der Waals surface area contributed by atoms with Crippen LogP contribution in [0.3, 0.4) is 0 Å². The summed E-state index contributed by atoms with van der Waals surface area (Å²) in [5, 5.41) is 8.72. The van der Waals surface area contributed by atoms with Crippen LogP contribution in [0.1, 0.15) is 26.3 Å². The number of hydrogen-bond donors (Lipinski definition) is 0. The molecule has 3 heteroatoms. The van der Waals surface area contributed by atoms with Crippen molar-refractivity contribution < 1.29 is 0 Å². The SMILES string of the molecule is CC1CN(c2ccc(C#N)cn2)CC1(C)C. The molecule has 0 saturated carbocycles. The normalized spacial score (nSPS) is 23.1. The molecular formula is C13H17N3. The second-order valence-electron chi connectivity index (χ2n) is 5.29. The van der Waals surface area contributed by atoms with Gasteiger partial charge in [-0.2, -0.15) is 5.26 Å². The molecule has 1 aromatic heterocycles. The first-order valence-electron chi connectivity index (χ1n) is 5.64. The Labute approximate surface area is 96.7 Å². The van der Waals surface area contributed by atoms with Crippen LogP contribution in [0.25, 0.3) is 0 Å². The molecule has 2 heterocycles. The van der Waals surface area contributed by atoms with Crippen molar-refractivity contribution in [1.82, 2.24) is 4.98 Å². The lowest BCUT2D eigenvalue weighted by Crippen LogP contribution is -2.23. The summed E-state index contributed by atoms with van der Waals surface area (Å²) in [6, 6.07) is 5.86. The first-order chi connectivity index (χ1) is 7.53. The van der Waals surface area contributed by atoms with E-state index in [-0.39, 0.29) is 0 Å². The van der Waals surface area contributed by atoms with Crippen LogP contribution < -0.4 is 4.90 Å². The van der Waals surface area contributed by atoms with Crippen molar-refractivity contribution in [1.29, 1.82) is 5.26 Å². The molecule has 0 N–H and O–H groups in total. The highest BCUT2D eigenvalue weighted by atomic mass is 15.2. The van der Waals surface area contributed by atoms with Crippen molar-refractivity contribution in [2.45, 2.75) is 20.8 Å². The van der Waals surface area contributed by atoms with E-state index in [4.69, 9.17) is 5.26 Å². The Morgan fingerprint density at radius 3 is 2.69 bits per heavy atom. The zero-order chi connectivity index (χ0) is 11.8. The monoisotopic (exact) mass is 215 g/mol. The van der Waals surface area contributed by atoms with Gasteiger partial charge in [-0.05, 0) is 23.5 Å². The highest BCUT2D eigenvalue weighted by molar-refractivity contribution is 5.43. The largest absolute Gasteiger partial charge is 0.356 e. The number of anilines is 1. The summed E-state index contributed by atoms with van der Waals surface area (Å²) in [6.45, 7) is 8.95. The summed E-state index contributed by atoms with van der Waals surface area (Å²) in [6.07, 6.45) is 1.64. The third kappa shape index (κ3) is 1.88. The minimum atomic E-state index is 0.343. The van der Waals surface area contributed by atoms with E-state index in [9.17, 15) is 0 Å². The molecule has 16 heavy (non-hydrogen) atoms. The summed E-state index contributed by atoms with van der Waals surface area (Å²) in [5.74, 6) is 1.65. The molecule has 0 spiro atoms. The maximum atomic E-state index is 8.72. The lowest BCUT2D eigenvalue weighted by molar-refractivity contribution is 0.312. The van der Waals surface area contributed by atoms with Crippen molar-refractivity contribution in [3.8, 4) is 6.07 Å². The Morgan fingerprint density at radius 2 is 2.25 bits per heavy atom.